The van der Waals surface area contributed by atoms with Crippen molar-refractivity contribution in [1.29, 1.82) is 0 Å². The average molecular weight is 338 g/mol. The van der Waals surface area contributed by atoms with E-state index < -0.39 is 17.7 Å². The van der Waals surface area contributed by atoms with Gasteiger partial charge in [0.05, 0.1) is 18.7 Å². The Morgan fingerprint density at radius 3 is 2.56 bits per heavy atom. The van der Waals surface area contributed by atoms with Crippen LogP contribution in [0.15, 0.2) is 60.1 Å². The van der Waals surface area contributed by atoms with Gasteiger partial charge in [0.15, 0.2) is 11.5 Å². The number of ether oxygens (including phenoxy) is 1. The van der Waals surface area contributed by atoms with E-state index >= 15 is 0 Å². The third-order valence-electron chi connectivity index (χ3n) is 4.19. The van der Waals surface area contributed by atoms with Crippen LogP contribution >= 0.6 is 0 Å². The molecular formula is C19H18N2O4. The number of hydrogen-bond acceptors (Lipinski definition) is 5. The van der Waals surface area contributed by atoms with Crippen molar-refractivity contribution in [2.45, 2.75) is 19.5 Å². The van der Waals surface area contributed by atoms with Gasteiger partial charge in [-0.05, 0) is 36.2 Å². The average Bonchev–Trinajstić information content (AvgIpc) is 2.88. The Morgan fingerprint density at radius 2 is 2.00 bits per heavy atom. The highest BCUT2D eigenvalue weighted by Crippen LogP contribution is 2.39. The number of carbonyl (C=O) groups excluding carboxylic acids is 2. The molecule has 3 rings (SSSR count). The Balaban J connectivity index is 2.03. The summed E-state index contributed by atoms with van der Waals surface area (Å²) in [6.07, 6.45) is 3.30. The molecule has 25 heavy (non-hydrogen) atoms. The third-order valence-corrected chi connectivity index (χ3v) is 4.19. The van der Waals surface area contributed by atoms with Crippen LogP contribution in [0.5, 0.6) is 5.75 Å². The lowest BCUT2D eigenvalue weighted by Gasteiger charge is -2.26. The molecule has 0 fully saturated rings. The van der Waals surface area contributed by atoms with Gasteiger partial charge in [0.2, 0.25) is 0 Å². The Morgan fingerprint density at radius 1 is 1.28 bits per heavy atom. The summed E-state index contributed by atoms with van der Waals surface area (Å²) in [4.78, 5) is 30.2. The molecule has 128 valence electrons. The highest BCUT2D eigenvalue weighted by molar-refractivity contribution is 6.08. The fraction of sp³-hybridized carbons (Fsp3) is 0.211. The van der Waals surface area contributed by atoms with Crippen LogP contribution in [0.2, 0.25) is 0 Å². The summed E-state index contributed by atoms with van der Waals surface area (Å²) in [5.41, 5.74) is 1.65. The zero-order chi connectivity index (χ0) is 18.0. The molecule has 1 N–H and O–H groups in total. The first-order valence-corrected chi connectivity index (χ1v) is 7.80. The van der Waals surface area contributed by atoms with Crippen molar-refractivity contribution in [2.24, 2.45) is 0 Å². The monoisotopic (exact) mass is 338 g/mol. The minimum Gasteiger partial charge on any atom is -0.503 e. The highest BCUT2D eigenvalue weighted by atomic mass is 16.5. The molecule has 0 saturated carbocycles. The van der Waals surface area contributed by atoms with Crippen molar-refractivity contribution in [1.82, 2.24) is 9.88 Å². The van der Waals surface area contributed by atoms with Crippen molar-refractivity contribution < 1.29 is 19.4 Å². The molecule has 0 spiro atoms. The number of amides is 1. The molecule has 1 atom stereocenters. The number of benzene rings is 1. The predicted molar refractivity (Wildman–Crippen MR) is 90.9 cm³/mol. The van der Waals surface area contributed by atoms with Crippen LogP contribution in [0.3, 0.4) is 0 Å². The van der Waals surface area contributed by atoms with Crippen molar-refractivity contribution in [3.8, 4) is 5.75 Å². The minimum absolute atomic E-state index is 0.110. The number of rotatable bonds is 5. The molecule has 1 aliphatic heterocycles. The lowest BCUT2D eigenvalue weighted by molar-refractivity contribution is -0.130. The van der Waals surface area contributed by atoms with E-state index in [9.17, 15) is 14.7 Å². The molecule has 6 heteroatoms. The smallest absolute Gasteiger partial charge is 0.290 e. The van der Waals surface area contributed by atoms with E-state index in [2.05, 4.69) is 4.98 Å². The van der Waals surface area contributed by atoms with E-state index in [1.807, 2.05) is 6.07 Å². The normalized spacial score (nSPS) is 17.1. The molecule has 0 saturated heterocycles. The summed E-state index contributed by atoms with van der Waals surface area (Å²) in [6, 6.07) is 10.1. The van der Waals surface area contributed by atoms with Crippen molar-refractivity contribution in [3.63, 3.8) is 0 Å². The second kappa shape index (κ2) is 6.76. The van der Waals surface area contributed by atoms with Gasteiger partial charge in [0.1, 0.15) is 5.75 Å². The largest absolute Gasteiger partial charge is 0.503 e. The molecule has 2 heterocycles. The summed E-state index contributed by atoms with van der Waals surface area (Å²) in [6.45, 7) is 1.59. The molecule has 1 aliphatic rings. The van der Waals surface area contributed by atoms with Gasteiger partial charge in [0, 0.05) is 18.9 Å². The Labute approximate surface area is 145 Å². The van der Waals surface area contributed by atoms with Crippen molar-refractivity contribution in [3.05, 3.63) is 71.3 Å². The Hall–Kier alpha value is -3.15. The lowest BCUT2D eigenvalue weighted by atomic mass is 9.96. The molecule has 1 aromatic carbocycles. The molecule has 0 radical (unpaired) electrons. The van der Waals surface area contributed by atoms with Crippen LogP contribution < -0.4 is 4.74 Å². The number of aliphatic hydroxyl groups excluding tert-OH is 1. The fourth-order valence-corrected chi connectivity index (χ4v) is 3.00. The quantitative estimate of drug-likeness (QED) is 0.906. The maximum Gasteiger partial charge on any atom is 0.290 e. The number of hydrogen-bond donors (Lipinski definition) is 1. The van der Waals surface area contributed by atoms with E-state index in [1.165, 1.54) is 11.8 Å². The molecule has 1 aromatic heterocycles. The Kier molecular flexibility index (Phi) is 4.52. The van der Waals surface area contributed by atoms with Gasteiger partial charge >= 0.3 is 0 Å². The van der Waals surface area contributed by atoms with Crippen molar-refractivity contribution in [2.75, 3.05) is 7.11 Å². The SMILES string of the molecule is COc1ccc([C@H]2C(C(C)=O)=C(O)C(=O)N2Cc2cccnc2)cc1. The van der Waals surface area contributed by atoms with E-state index in [0.29, 0.717) is 5.75 Å². The second-order valence-corrected chi connectivity index (χ2v) is 5.79. The second-order valence-electron chi connectivity index (χ2n) is 5.79. The molecular weight excluding hydrogens is 320 g/mol. The van der Waals surface area contributed by atoms with Gasteiger partial charge in [-0.3, -0.25) is 14.6 Å². The molecule has 1 amide bonds. The van der Waals surface area contributed by atoms with E-state index in [1.54, 1.807) is 49.8 Å². The summed E-state index contributed by atoms with van der Waals surface area (Å²) in [7, 11) is 1.57. The highest BCUT2D eigenvalue weighted by Gasteiger charge is 2.42. The van der Waals surface area contributed by atoms with Crippen LogP contribution in [0.25, 0.3) is 0 Å². The third kappa shape index (κ3) is 3.10. The number of methoxy groups -OCH3 is 1. The first kappa shape index (κ1) is 16.7. The number of aliphatic hydroxyl groups is 1. The van der Waals surface area contributed by atoms with Crippen molar-refractivity contribution >= 4 is 11.7 Å². The van der Waals surface area contributed by atoms with E-state index in [4.69, 9.17) is 4.74 Å². The van der Waals surface area contributed by atoms with Gasteiger partial charge in [-0.2, -0.15) is 0 Å². The first-order valence-electron chi connectivity index (χ1n) is 7.80. The number of aromatic nitrogens is 1. The summed E-state index contributed by atoms with van der Waals surface area (Å²) < 4.78 is 5.15. The van der Waals surface area contributed by atoms with Gasteiger partial charge in [-0.15, -0.1) is 0 Å². The number of ketones is 1. The first-order chi connectivity index (χ1) is 12.0. The lowest BCUT2D eigenvalue weighted by Crippen LogP contribution is -2.30. The molecule has 0 aliphatic carbocycles. The standard InChI is InChI=1S/C19H18N2O4/c1-12(22)16-17(14-5-7-15(25-2)8-6-14)21(19(24)18(16)23)11-13-4-3-9-20-10-13/h3-10,17,23H,11H2,1-2H3/t17-/m0/s1. The van der Waals surface area contributed by atoms with Crippen LogP contribution in [-0.4, -0.2) is 33.8 Å². The summed E-state index contributed by atoms with van der Waals surface area (Å²) >= 11 is 0. The predicted octanol–water partition coefficient (Wildman–Crippen LogP) is 2.57. The van der Waals surface area contributed by atoms with Gasteiger partial charge < -0.3 is 14.7 Å². The van der Waals surface area contributed by atoms with Gasteiger partial charge in [0.25, 0.3) is 5.91 Å². The molecule has 0 bridgehead atoms. The topological polar surface area (TPSA) is 79.7 Å². The van der Waals surface area contributed by atoms with Crippen LogP contribution in [0.1, 0.15) is 24.1 Å². The zero-order valence-corrected chi connectivity index (χ0v) is 14.0. The number of pyridine rings is 1. The van der Waals surface area contributed by atoms with Crippen LogP contribution in [0.4, 0.5) is 0 Å². The number of Topliss-reactive ketones (excluding diaryl/α,β-unsaturated/α-hetero) is 1. The van der Waals surface area contributed by atoms with Crippen LogP contribution in [-0.2, 0) is 16.1 Å². The number of nitrogens with zero attached hydrogens (tertiary/aromatic N) is 2. The van der Waals surface area contributed by atoms with Crippen LogP contribution in [0, 0.1) is 0 Å². The molecule has 2 aromatic rings. The minimum atomic E-state index is -0.642. The van der Waals surface area contributed by atoms with E-state index in [0.717, 1.165) is 11.1 Å². The molecule has 6 nitrogen and oxygen atoms in total. The summed E-state index contributed by atoms with van der Waals surface area (Å²) in [5, 5.41) is 10.2. The zero-order valence-electron chi connectivity index (χ0n) is 14.0. The van der Waals surface area contributed by atoms with Gasteiger partial charge in [-0.1, -0.05) is 18.2 Å². The molecule has 0 unspecified atom stereocenters. The maximum atomic E-state index is 12.6. The summed E-state index contributed by atoms with van der Waals surface area (Å²) in [5.74, 6) is -0.711. The van der Waals surface area contributed by atoms with Gasteiger partial charge in [-0.25, -0.2) is 0 Å². The maximum absolute atomic E-state index is 12.6. The fourth-order valence-electron chi connectivity index (χ4n) is 3.00. The Bertz CT molecular complexity index is 828. The number of carbonyl (C=O) groups is 2. The van der Waals surface area contributed by atoms with E-state index in [-0.39, 0.29) is 17.9 Å².